The number of nitrogens with two attached hydrogens (primary N) is 1. The topological polar surface area (TPSA) is 35.2 Å². The van der Waals surface area contributed by atoms with Gasteiger partial charge in [0.25, 0.3) is 0 Å². The van der Waals surface area contributed by atoms with Gasteiger partial charge in [0.05, 0.1) is 12.1 Å². The number of fused-ring (bicyclic) bond motifs is 1. The number of alkyl halides is 1. The van der Waals surface area contributed by atoms with Crippen molar-refractivity contribution in [2.24, 2.45) is 5.73 Å². The molecule has 92 valence electrons. The van der Waals surface area contributed by atoms with Crippen LogP contribution < -0.4 is 10.5 Å². The summed E-state index contributed by atoms with van der Waals surface area (Å²) in [6.07, 6.45) is 0. The molecule has 0 heterocycles. The van der Waals surface area contributed by atoms with Crippen molar-refractivity contribution in [2.75, 3.05) is 19.8 Å². The third-order valence-corrected chi connectivity index (χ3v) is 2.54. The van der Waals surface area contributed by atoms with Gasteiger partial charge < -0.3 is 10.5 Å². The third kappa shape index (κ3) is 2.61. The second-order valence-electron chi connectivity index (χ2n) is 3.70. The molecular weight excluding hydrogens is 229 g/mol. The van der Waals surface area contributed by atoms with Crippen LogP contribution in [0, 0.1) is 11.8 Å². The molecule has 2 aromatic carbocycles. The Hall–Kier alpha value is -2.05. The van der Waals surface area contributed by atoms with E-state index >= 15 is 0 Å². The van der Waals surface area contributed by atoms with Crippen molar-refractivity contribution in [3.63, 3.8) is 0 Å². The van der Waals surface area contributed by atoms with Crippen LogP contribution in [0.4, 0.5) is 4.39 Å². The molecule has 2 rings (SSSR count). The second kappa shape index (κ2) is 6.04. The summed E-state index contributed by atoms with van der Waals surface area (Å²) in [6.45, 7) is -0.196. The minimum Gasteiger partial charge on any atom is -0.490 e. The van der Waals surface area contributed by atoms with Crippen LogP contribution in [0.2, 0.25) is 0 Å². The minimum absolute atomic E-state index is 0.0373. The molecule has 2 aromatic rings. The normalized spacial score (nSPS) is 9.89. The van der Waals surface area contributed by atoms with Crippen LogP contribution in [0.1, 0.15) is 5.56 Å². The van der Waals surface area contributed by atoms with E-state index in [-0.39, 0.29) is 13.2 Å². The summed E-state index contributed by atoms with van der Waals surface area (Å²) < 4.78 is 17.6. The van der Waals surface area contributed by atoms with Crippen molar-refractivity contribution in [3.8, 4) is 17.6 Å². The molecule has 0 aromatic heterocycles. The quantitative estimate of drug-likeness (QED) is 0.841. The highest BCUT2D eigenvalue weighted by Crippen LogP contribution is 2.27. The molecule has 0 aliphatic carbocycles. The van der Waals surface area contributed by atoms with Gasteiger partial charge in [-0.2, -0.15) is 0 Å². The molecule has 0 bridgehead atoms. The molecule has 2 nitrogen and oxygen atoms in total. The smallest absolute Gasteiger partial charge is 0.135 e. The molecule has 0 spiro atoms. The SMILES string of the molecule is NCC#Cc1c(OCCF)ccc2ccccc12. The van der Waals surface area contributed by atoms with Crippen LogP contribution in [-0.4, -0.2) is 19.8 Å². The van der Waals surface area contributed by atoms with Gasteiger partial charge in [-0.05, 0) is 11.5 Å². The van der Waals surface area contributed by atoms with Gasteiger partial charge in [0, 0.05) is 5.39 Å². The molecule has 18 heavy (non-hydrogen) atoms. The average Bonchev–Trinajstić information content (AvgIpc) is 2.43. The highest BCUT2D eigenvalue weighted by molar-refractivity contribution is 5.90. The van der Waals surface area contributed by atoms with Crippen molar-refractivity contribution >= 4 is 10.8 Å². The Kier molecular flexibility index (Phi) is 4.16. The first-order valence-electron chi connectivity index (χ1n) is 5.76. The number of halogens is 1. The molecule has 0 unspecified atom stereocenters. The van der Waals surface area contributed by atoms with E-state index in [0.717, 1.165) is 16.3 Å². The zero-order valence-electron chi connectivity index (χ0n) is 9.95. The Balaban J connectivity index is 2.55. The fourth-order valence-corrected chi connectivity index (χ4v) is 1.79. The van der Waals surface area contributed by atoms with E-state index in [0.29, 0.717) is 5.75 Å². The third-order valence-electron chi connectivity index (χ3n) is 2.54. The van der Waals surface area contributed by atoms with Gasteiger partial charge in [-0.15, -0.1) is 0 Å². The van der Waals surface area contributed by atoms with E-state index in [1.807, 2.05) is 36.4 Å². The molecular formula is C15H14FNO. The number of rotatable bonds is 3. The van der Waals surface area contributed by atoms with Crippen molar-refractivity contribution in [1.29, 1.82) is 0 Å². The number of hydrogen-bond donors (Lipinski definition) is 1. The Morgan fingerprint density at radius 3 is 2.78 bits per heavy atom. The summed E-state index contributed by atoms with van der Waals surface area (Å²) >= 11 is 0. The molecule has 0 saturated carbocycles. The molecule has 0 radical (unpaired) electrons. The standard InChI is InChI=1S/C15H14FNO/c16-9-11-18-15-8-7-12-4-1-2-5-13(12)14(15)6-3-10-17/h1-2,4-5,7-8H,9-11,17H2. The maximum atomic E-state index is 12.2. The fraction of sp³-hybridized carbons (Fsp3) is 0.200. The molecule has 0 fully saturated rings. The van der Waals surface area contributed by atoms with E-state index in [1.165, 1.54) is 0 Å². The Morgan fingerprint density at radius 1 is 1.17 bits per heavy atom. The number of hydrogen-bond acceptors (Lipinski definition) is 2. The number of benzene rings is 2. The Bertz CT molecular complexity index is 598. The van der Waals surface area contributed by atoms with E-state index in [4.69, 9.17) is 10.5 Å². The lowest BCUT2D eigenvalue weighted by molar-refractivity contribution is 0.273. The molecule has 2 N–H and O–H groups in total. The maximum Gasteiger partial charge on any atom is 0.135 e. The van der Waals surface area contributed by atoms with Gasteiger partial charge in [0.1, 0.15) is 19.0 Å². The molecule has 0 amide bonds. The summed E-state index contributed by atoms with van der Waals surface area (Å²) in [6, 6.07) is 11.6. The second-order valence-corrected chi connectivity index (χ2v) is 3.70. The Morgan fingerprint density at radius 2 is 2.00 bits per heavy atom. The molecule has 0 atom stereocenters. The monoisotopic (exact) mass is 243 g/mol. The first kappa shape index (κ1) is 12.4. The predicted octanol–water partition coefficient (Wildman–Crippen LogP) is 2.50. The van der Waals surface area contributed by atoms with Crippen LogP contribution in [0.3, 0.4) is 0 Å². The van der Waals surface area contributed by atoms with Crippen LogP contribution in [0.25, 0.3) is 10.8 Å². The average molecular weight is 243 g/mol. The summed E-state index contributed by atoms with van der Waals surface area (Å²) in [5.74, 6) is 6.42. The van der Waals surface area contributed by atoms with Crippen LogP contribution in [0.5, 0.6) is 5.75 Å². The Labute approximate surface area is 106 Å². The molecule has 3 heteroatoms. The minimum atomic E-state index is -0.517. The summed E-state index contributed by atoms with van der Waals surface area (Å²) in [4.78, 5) is 0. The largest absolute Gasteiger partial charge is 0.490 e. The zero-order chi connectivity index (χ0) is 12.8. The van der Waals surface area contributed by atoms with Gasteiger partial charge in [0.15, 0.2) is 0 Å². The van der Waals surface area contributed by atoms with Crippen molar-refractivity contribution in [1.82, 2.24) is 0 Å². The van der Waals surface area contributed by atoms with Gasteiger partial charge in [0.2, 0.25) is 0 Å². The molecule has 0 aliphatic rings. The van der Waals surface area contributed by atoms with Crippen molar-refractivity contribution in [3.05, 3.63) is 42.0 Å². The summed E-state index contributed by atoms with van der Waals surface area (Å²) in [5, 5.41) is 2.07. The lowest BCUT2D eigenvalue weighted by Crippen LogP contribution is -2.01. The van der Waals surface area contributed by atoms with Crippen molar-refractivity contribution < 1.29 is 9.13 Å². The van der Waals surface area contributed by atoms with E-state index < -0.39 is 6.67 Å². The first-order chi connectivity index (χ1) is 8.86. The highest BCUT2D eigenvalue weighted by atomic mass is 19.1. The predicted molar refractivity (Wildman–Crippen MR) is 71.4 cm³/mol. The fourth-order valence-electron chi connectivity index (χ4n) is 1.79. The first-order valence-corrected chi connectivity index (χ1v) is 5.76. The van der Waals surface area contributed by atoms with E-state index in [1.54, 1.807) is 0 Å². The van der Waals surface area contributed by atoms with Crippen LogP contribution >= 0.6 is 0 Å². The van der Waals surface area contributed by atoms with E-state index in [2.05, 4.69) is 11.8 Å². The highest BCUT2D eigenvalue weighted by Gasteiger charge is 2.06. The zero-order valence-corrected chi connectivity index (χ0v) is 9.95. The van der Waals surface area contributed by atoms with Gasteiger partial charge >= 0.3 is 0 Å². The van der Waals surface area contributed by atoms with Crippen LogP contribution in [-0.2, 0) is 0 Å². The summed E-state index contributed by atoms with van der Waals surface area (Å²) in [7, 11) is 0. The van der Waals surface area contributed by atoms with Crippen LogP contribution in [0.15, 0.2) is 36.4 Å². The van der Waals surface area contributed by atoms with Gasteiger partial charge in [-0.3, -0.25) is 0 Å². The lowest BCUT2D eigenvalue weighted by atomic mass is 10.0. The summed E-state index contributed by atoms with van der Waals surface area (Å²) in [5.41, 5.74) is 6.17. The lowest BCUT2D eigenvalue weighted by Gasteiger charge is -2.09. The number of ether oxygens (including phenoxy) is 1. The molecule has 0 aliphatic heterocycles. The van der Waals surface area contributed by atoms with E-state index in [9.17, 15) is 4.39 Å². The molecule has 0 saturated heterocycles. The van der Waals surface area contributed by atoms with Gasteiger partial charge in [-0.25, -0.2) is 4.39 Å². The van der Waals surface area contributed by atoms with Crippen molar-refractivity contribution in [2.45, 2.75) is 0 Å². The van der Waals surface area contributed by atoms with Gasteiger partial charge in [-0.1, -0.05) is 42.2 Å². The maximum absolute atomic E-state index is 12.2.